The number of hydrogen-bond donors (Lipinski definition) is 2. The smallest absolute Gasteiger partial charge is 0.186 e. The van der Waals surface area contributed by atoms with Crippen molar-refractivity contribution >= 4 is 23.0 Å². The zero-order valence-electron chi connectivity index (χ0n) is 12.1. The van der Waals surface area contributed by atoms with Crippen LogP contribution in [0.4, 0.5) is 0 Å². The van der Waals surface area contributed by atoms with E-state index in [2.05, 4.69) is 22.8 Å². The molecule has 2 aliphatic carbocycles. The van der Waals surface area contributed by atoms with Crippen LogP contribution in [-0.4, -0.2) is 17.4 Å². The number of rotatable bonds is 4. The molecule has 2 saturated carbocycles. The van der Waals surface area contributed by atoms with Gasteiger partial charge in [0.15, 0.2) is 5.11 Å². The Morgan fingerprint density at radius 3 is 2.84 bits per heavy atom. The van der Waals surface area contributed by atoms with Crippen LogP contribution < -0.4 is 10.7 Å². The Balaban J connectivity index is 1.72. The van der Waals surface area contributed by atoms with Gasteiger partial charge in [-0.25, -0.2) is 0 Å². The molecule has 108 valence electrons. The second kappa shape index (κ2) is 7.83. The number of nitrogens with one attached hydrogen (secondary N) is 2. The van der Waals surface area contributed by atoms with E-state index in [1.54, 1.807) is 0 Å². The Labute approximate surface area is 122 Å². The van der Waals surface area contributed by atoms with Gasteiger partial charge in [-0.1, -0.05) is 32.6 Å². The maximum Gasteiger partial charge on any atom is 0.186 e. The van der Waals surface area contributed by atoms with Gasteiger partial charge in [0, 0.05) is 12.3 Å². The van der Waals surface area contributed by atoms with Crippen LogP contribution in [-0.2, 0) is 0 Å². The summed E-state index contributed by atoms with van der Waals surface area (Å²) >= 11 is 5.22. The van der Waals surface area contributed by atoms with Crippen molar-refractivity contribution in [3.8, 4) is 0 Å². The lowest BCUT2D eigenvalue weighted by atomic mass is 9.70. The Bertz CT molecular complexity index is 327. The number of unbranched alkanes of at least 4 members (excludes halogenated alkanes) is 1. The second-order valence-electron chi connectivity index (χ2n) is 5.95. The first-order chi connectivity index (χ1) is 9.29. The molecule has 0 bridgehead atoms. The molecule has 0 radical (unpaired) electrons. The molecule has 2 fully saturated rings. The molecule has 0 saturated heterocycles. The summed E-state index contributed by atoms with van der Waals surface area (Å²) in [7, 11) is 0. The summed E-state index contributed by atoms with van der Waals surface area (Å²) < 4.78 is 0. The fraction of sp³-hybridized carbons (Fsp3) is 0.867. The van der Waals surface area contributed by atoms with E-state index in [1.807, 2.05) is 0 Å². The molecule has 0 aromatic rings. The highest BCUT2D eigenvalue weighted by molar-refractivity contribution is 7.80. The SMILES string of the molecule is CCCCNC(=S)N/N=C1/CC[C@@H]2CCCC[C@H]2C1. The molecular formula is C15H27N3S. The lowest BCUT2D eigenvalue weighted by molar-refractivity contribution is 0.218. The molecule has 0 unspecified atom stereocenters. The maximum absolute atomic E-state index is 5.22. The van der Waals surface area contributed by atoms with Gasteiger partial charge in [-0.15, -0.1) is 0 Å². The third-order valence-corrected chi connectivity index (χ3v) is 4.74. The first-order valence-electron chi connectivity index (χ1n) is 7.89. The van der Waals surface area contributed by atoms with E-state index in [4.69, 9.17) is 12.2 Å². The Kier molecular flexibility index (Phi) is 6.08. The van der Waals surface area contributed by atoms with Crippen LogP contribution in [0, 0.1) is 11.8 Å². The zero-order chi connectivity index (χ0) is 13.5. The predicted octanol–water partition coefficient (Wildman–Crippen LogP) is 3.60. The van der Waals surface area contributed by atoms with E-state index >= 15 is 0 Å². The van der Waals surface area contributed by atoms with Crippen LogP contribution in [0.5, 0.6) is 0 Å². The van der Waals surface area contributed by atoms with Crippen LogP contribution in [0.25, 0.3) is 0 Å². The summed E-state index contributed by atoms with van der Waals surface area (Å²) in [5.74, 6) is 1.87. The first kappa shape index (κ1) is 14.8. The third-order valence-electron chi connectivity index (χ3n) is 4.50. The number of hydrazone groups is 1. The minimum atomic E-state index is 0.673. The summed E-state index contributed by atoms with van der Waals surface area (Å²) in [6.07, 6.45) is 11.7. The molecule has 4 heteroatoms. The topological polar surface area (TPSA) is 36.4 Å². The first-order valence-corrected chi connectivity index (χ1v) is 8.29. The molecule has 0 heterocycles. The summed E-state index contributed by atoms with van der Waals surface area (Å²) in [6, 6.07) is 0. The van der Waals surface area contributed by atoms with Crippen molar-refractivity contribution in [1.82, 2.24) is 10.7 Å². The minimum Gasteiger partial charge on any atom is -0.361 e. The molecule has 2 atom stereocenters. The third kappa shape index (κ3) is 4.75. The van der Waals surface area contributed by atoms with Crippen molar-refractivity contribution in [2.75, 3.05) is 6.54 Å². The predicted molar refractivity (Wildman–Crippen MR) is 85.4 cm³/mol. The van der Waals surface area contributed by atoms with Gasteiger partial charge in [0.2, 0.25) is 0 Å². The van der Waals surface area contributed by atoms with Gasteiger partial charge in [0.05, 0.1) is 0 Å². The quantitative estimate of drug-likeness (QED) is 0.469. The van der Waals surface area contributed by atoms with Crippen molar-refractivity contribution < 1.29 is 0 Å². The van der Waals surface area contributed by atoms with Crippen molar-refractivity contribution in [2.24, 2.45) is 16.9 Å². The number of fused-ring (bicyclic) bond motifs is 1. The van der Waals surface area contributed by atoms with Gasteiger partial charge in [-0.2, -0.15) is 5.10 Å². The molecule has 0 spiro atoms. The van der Waals surface area contributed by atoms with Gasteiger partial charge in [0.1, 0.15) is 0 Å². The van der Waals surface area contributed by atoms with E-state index in [9.17, 15) is 0 Å². The summed E-state index contributed by atoms with van der Waals surface area (Å²) in [4.78, 5) is 0. The molecule has 0 amide bonds. The zero-order valence-corrected chi connectivity index (χ0v) is 12.9. The fourth-order valence-corrected chi connectivity index (χ4v) is 3.49. The van der Waals surface area contributed by atoms with Crippen molar-refractivity contribution in [2.45, 2.75) is 64.7 Å². The number of hydrogen-bond acceptors (Lipinski definition) is 2. The normalized spacial score (nSPS) is 28.8. The molecule has 0 aromatic heterocycles. The molecule has 2 rings (SSSR count). The highest BCUT2D eigenvalue weighted by Crippen LogP contribution is 2.39. The van der Waals surface area contributed by atoms with Crippen LogP contribution in [0.15, 0.2) is 5.10 Å². The van der Waals surface area contributed by atoms with Crippen LogP contribution in [0.2, 0.25) is 0 Å². The second-order valence-corrected chi connectivity index (χ2v) is 6.35. The van der Waals surface area contributed by atoms with Gasteiger partial charge in [0.25, 0.3) is 0 Å². The average Bonchev–Trinajstić information content (AvgIpc) is 2.45. The van der Waals surface area contributed by atoms with E-state index < -0.39 is 0 Å². The standard InChI is InChI=1S/C15H27N3S/c1-2-3-10-16-15(19)18-17-14-9-8-12-6-4-5-7-13(12)11-14/h12-13H,2-11H2,1H3,(H2,16,18,19)/b17-14-/t12-,13-/m0/s1. The summed E-state index contributed by atoms with van der Waals surface area (Å²) in [5, 5.41) is 8.38. The average molecular weight is 281 g/mol. The highest BCUT2D eigenvalue weighted by Gasteiger charge is 2.30. The number of thiocarbonyl (C=S) groups is 1. The molecule has 2 aliphatic rings. The minimum absolute atomic E-state index is 0.673. The molecular weight excluding hydrogens is 254 g/mol. The lowest BCUT2D eigenvalue weighted by Gasteiger charge is -2.35. The molecule has 0 aromatic carbocycles. The summed E-state index contributed by atoms with van der Waals surface area (Å²) in [6.45, 7) is 3.12. The molecule has 3 nitrogen and oxygen atoms in total. The van der Waals surface area contributed by atoms with Crippen LogP contribution in [0.1, 0.15) is 64.7 Å². The lowest BCUT2D eigenvalue weighted by Crippen LogP contribution is -2.34. The van der Waals surface area contributed by atoms with Crippen LogP contribution in [0.3, 0.4) is 0 Å². The van der Waals surface area contributed by atoms with E-state index in [1.165, 1.54) is 50.7 Å². The maximum atomic E-state index is 5.22. The van der Waals surface area contributed by atoms with Crippen molar-refractivity contribution in [3.63, 3.8) is 0 Å². The monoisotopic (exact) mass is 281 g/mol. The van der Waals surface area contributed by atoms with Crippen molar-refractivity contribution in [1.29, 1.82) is 0 Å². The van der Waals surface area contributed by atoms with Gasteiger partial charge in [-0.05, 0) is 56.2 Å². The largest absolute Gasteiger partial charge is 0.361 e. The Morgan fingerprint density at radius 2 is 2.05 bits per heavy atom. The van der Waals surface area contributed by atoms with Crippen LogP contribution >= 0.6 is 12.2 Å². The molecule has 0 aliphatic heterocycles. The van der Waals surface area contributed by atoms with Crippen molar-refractivity contribution in [3.05, 3.63) is 0 Å². The Morgan fingerprint density at radius 1 is 1.26 bits per heavy atom. The van der Waals surface area contributed by atoms with Gasteiger partial charge < -0.3 is 5.32 Å². The highest BCUT2D eigenvalue weighted by atomic mass is 32.1. The summed E-state index contributed by atoms with van der Waals surface area (Å²) in [5.41, 5.74) is 4.34. The van der Waals surface area contributed by atoms with E-state index in [0.717, 1.165) is 31.2 Å². The molecule has 19 heavy (non-hydrogen) atoms. The van der Waals surface area contributed by atoms with E-state index in [-0.39, 0.29) is 0 Å². The fourth-order valence-electron chi connectivity index (χ4n) is 3.34. The Hall–Kier alpha value is -0.640. The van der Waals surface area contributed by atoms with E-state index in [0.29, 0.717) is 5.11 Å². The van der Waals surface area contributed by atoms with Gasteiger partial charge >= 0.3 is 0 Å². The number of nitrogens with zero attached hydrogens (tertiary/aromatic N) is 1. The van der Waals surface area contributed by atoms with Gasteiger partial charge in [-0.3, -0.25) is 5.43 Å². The molecule has 2 N–H and O–H groups in total.